The van der Waals surface area contributed by atoms with Crippen LogP contribution in [0.4, 0.5) is 4.79 Å². The minimum Gasteiger partial charge on any atom is -0.394 e. The maximum atomic E-state index is 12.4. The van der Waals surface area contributed by atoms with Gasteiger partial charge in [0.1, 0.15) is 0 Å². The van der Waals surface area contributed by atoms with Crippen LogP contribution < -0.4 is 10.6 Å². The Morgan fingerprint density at radius 3 is 2.67 bits per heavy atom. The van der Waals surface area contributed by atoms with Gasteiger partial charge in [-0.2, -0.15) is 0 Å². The summed E-state index contributed by atoms with van der Waals surface area (Å²) in [6, 6.07) is 9.14. The molecule has 0 aromatic heterocycles. The lowest BCUT2D eigenvalue weighted by molar-refractivity contribution is -0.126. The summed E-state index contributed by atoms with van der Waals surface area (Å²) in [5, 5.41) is 15.6. The van der Waals surface area contributed by atoms with Crippen molar-refractivity contribution in [2.45, 2.75) is 57.2 Å². The van der Waals surface area contributed by atoms with Crippen molar-refractivity contribution in [2.24, 2.45) is 5.41 Å². The van der Waals surface area contributed by atoms with Crippen LogP contribution in [-0.4, -0.2) is 36.5 Å². The van der Waals surface area contributed by atoms with Crippen LogP contribution in [0.3, 0.4) is 0 Å². The second-order valence-corrected chi connectivity index (χ2v) is 6.94. The number of carbonyl (C=O) groups is 1. The first-order valence-electron chi connectivity index (χ1n) is 9.04. The zero-order chi connectivity index (χ0) is 17.0. The Balaban J connectivity index is 1.58. The number of rotatable bonds is 6. The van der Waals surface area contributed by atoms with E-state index in [-0.39, 0.29) is 36.2 Å². The topological polar surface area (TPSA) is 70.6 Å². The SMILES string of the molecule is CCOC1CC(NC(=O)NC(CO)c2ccccc2)C12CCCC2. The molecule has 5 heteroatoms. The highest BCUT2D eigenvalue weighted by molar-refractivity contribution is 5.75. The van der Waals surface area contributed by atoms with E-state index < -0.39 is 0 Å². The Kier molecular flexibility index (Phi) is 5.41. The van der Waals surface area contributed by atoms with Gasteiger partial charge in [-0.3, -0.25) is 0 Å². The molecule has 0 bridgehead atoms. The molecule has 3 unspecified atom stereocenters. The number of carbonyl (C=O) groups excluding carboxylic acids is 1. The van der Waals surface area contributed by atoms with Gasteiger partial charge in [-0.05, 0) is 31.7 Å². The number of aliphatic hydroxyl groups excluding tert-OH is 1. The van der Waals surface area contributed by atoms with Crippen LogP contribution >= 0.6 is 0 Å². The smallest absolute Gasteiger partial charge is 0.315 e. The van der Waals surface area contributed by atoms with Crippen molar-refractivity contribution in [1.29, 1.82) is 0 Å². The fraction of sp³-hybridized carbons (Fsp3) is 0.632. The Labute approximate surface area is 143 Å². The van der Waals surface area contributed by atoms with Crippen molar-refractivity contribution in [3.05, 3.63) is 35.9 Å². The van der Waals surface area contributed by atoms with Crippen LogP contribution in [0.5, 0.6) is 0 Å². The molecule has 2 saturated carbocycles. The molecule has 3 atom stereocenters. The first-order chi connectivity index (χ1) is 11.7. The molecule has 0 saturated heterocycles. The van der Waals surface area contributed by atoms with Crippen molar-refractivity contribution in [3.8, 4) is 0 Å². The highest BCUT2D eigenvalue weighted by atomic mass is 16.5. The van der Waals surface area contributed by atoms with Gasteiger partial charge in [-0.15, -0.1) is 0 Å². The number of hydrogen-bond acceptors (Lipinski definition) is 3. The Morgan fingerprint density at radius 1 is 1.33 bits per heavy atom. The zero-order valence-corrected chi connectivity index (χ0v) is 14.3. The molecule has 0 aliphatic heterocycles. The normalized spacial score (nSPS) is 25.9. The summed E-state index contributed by atoms with van der Waals surface area (Å²) in [5.41, 5.74) is 1.03. The molecule has 3 rings (SSSR count). The van der Waals surface area contributed by atoms with Crippen molar-refractivity contribution in [3.63, 3.8) is 0 Å². The van der Waals surface area contributed by atoms with Gasteiger partial charge in [0.25, 0.3) is 0 Å². The van der Waals surface area contributed by atoms with E-state index in [1.165, 1.54) is 12.8 Å². The van der Waals surface area contributed by atoms with Crippen molar-refractivity contribution < 1.29 is 14.6 Å². The molecule has 3 N–H and O–H groups in total. The molecule has 2 fully saturated rings. The van der Waals surface area contributed by atoms with Gasteiger partial charge in [-0.1, -0.05) is 43.2 Å². The predicted molar refractivity (Wildman–Crippen MR) is 92.7 cm³/mol. The standard InChI is InChI=1S/C19H28N2O3/c1-2-24-17-12-16(19(17)10-6-7-11-19)21-18(23)20-15(13-22)14-8-4-3-5-9-14/h3-5,8-9,15-17,22H,2,6-7,10-13H2,1H3,(H2,20,21,23). The number of urea groups is 1. The monoisotopic (exact) mass is 332 g/mol. The minimum absolute atomic E-state index is 0.116. The third-order valence-corrected chi connectivity index (χ3v) is 5.68. The van der Waals surface area contributed by atoms with Gasteiger partial charge >= 0.3 is 6.03 Å². The van der Waals surface area contributed by atoms with E-state index in [4.69, 9.17) is 4.74 Å². The third kappa shape index (κ3) is 3.28. The van der Waals surface area contributed by atoms with Crippen molar-refractivity contribution in [2.75, 3.05) is 13.2 Å². The highest BCUT2D eigenvalue weighted by Gasteiger charge is 2.57. The molecule has 2 aliphatic rings. The van der Waals surface area contributed by atoms with E-state index in [2.05, 4.69) is 10.6 Å². The van der Waals surface area contributed by atoms with Gasteiger partial charge in [0.05, 0.1) is 18.8 Å². The molecule has 24 heavy (non-hydrogen) atoms. The summed E-state index contributed by atoms with van der Waals surface area (Å²) in [7, 11) is 0. The summed E-state index contributed by atoms with van der Waals surface area (Å²) in [6.45, 7) is 2.64. The van der Waals surface area contributed by atoms with Crippen molar-refractivity contribution in [1.82, 2.24) is 10.6 Å². The molecule has 2 amide bonds. The average Bonchev–Trinajstić information content (AvgIpc) is 3.12. The highest BCUT2D eigenvalue weighted by Crippen LogP contribution is 2.54. The van der Waals surface area contributed by atoms with Crippen LogP contribution in [0.2, 0.25) is 0 Å². The first kappa shape index (κ1) is 17.2. The maximum Gasteiger partial charge on any atom is 0.315 e. The van der Waals surface area contributed by atoms with Crippen LogP contribution in [0.1, 0.15) is 50.6 Å². The van der Waals surface area contributed by atoms with E-state index in [1.807, 2.05) is 37.3 Å². The van der Waals surface area contributed by atoms with E-state index in [0.717, 1.165) is 31.4 Å². The van der Waals surface area contributed by atoms with Crippen LogP contribution in [-0.2, 0) is 4.74 Å². The summed E-state index contributed by atoms with van der Waals surface area (Å²) in [4.78, 5) is 12.4. The molecular weight excluding hydrogens is 304 g/mol. The van der Waals surface area contributed by atoms with Crippen LogP contribution in [0, 0.1) is 5.41 Å². The Bertz CT molecular complexity index is 543. The second kappa shape index (κ2) is 7.53. The summed E-state index contributed by atoms with van der Waals surface area (Å²) < 4.78 is 5.89. The Morgan fingerprint density at radius 2 is 2.04 bits per heavy atom. The summed E-state index contributed by atoms with van der Waals surface area (Å²) >= 11 is 0. The molecule has 2 aliphatic carbocycles. The molecule has 1 aromatic rings. The van der Waals surface area contributed by atoms with E-state index in [1.54, 1.807) is 0 Å². The molecule has 132 valence electrons. The van der Waals surface area contributed by atoms with Gasteiger partial charge in [0.15, 0.2) is 0 Å². The summed E-state index contributed by atoms with van der Waals surface area (Å²) in [6.07, 6.45) is 5.85. The van der Waals surface area contributed by atoms with Crippen molar-refractivity contribution >= 4 is 6.03 Å². The van der Waals surface area contributed by atoms with Gasteiger partial charge in [0.2, 0.25) is 0 Å². The van der Waals surface area contributed by atoms with E-state index in [0.29, 0.717) is 0 Å². The third-order valence-electron chi connectivity index (χ3n) is 5.68. The molecule has 0 radical (unpaired) electrons. The second-order valence-electron chi connectivity index (χ2n) is 6.94. The van der Waals surface area contributed by atoms with Crippen LogP contribution in [0.15, 0.2) is 30.3 Å². The minimum atomic E-state index is -0.381. The number of aliphatic hydroxyl groups is 1. The number of benzene rings is 1. The number of ether oxygens (including phenoxy) is 1. The zero-order valence-electron chi connectivity index (χ0n) is 14.3. The molecule has 5 nitrogen and oxygen atoms in total. The largest absolute Gasteiger partial charge is 0.394 e. The van der Waals surface area contributed by atoms with Gasteiger partial charge in [-0.25, -0.2) is 4.79 Å². The van der Waals surface area contributed by atoms with Crippen LogP contribution in [0.25, 0.3) is 0 Å². The number of nitrogens with one attached hydrogen (secondary N) is 2. The molecular formula is C19H28N2O3. The van der Waals surface area contributed by atoms with Gasteiger partial charge < -0.3 is 20.5 Å². The fourth-order valence-electron chi connectivity index (χ4n) is 4.37. The van der Waals surface area contributed by atoms with E-state index >= 15 is 0 Å². The maximum absolute atomic E-state index is 12.4. The Hall–Kier alpha value is -1.59. The van der Waals surface area contributed by atoms with E-state index in [9.17, 15) is 9.90 Å². The molecule has 0 heterocycles. The number of amides is 2. The average molecular weight is 332 g/mol. The number of hydrogen-bond donors (Lipinski definition) is 3. The lowest BCUT2D eigenvalue weighted by Crippen LogP contribution is -2.65. The lowest BCUT2D eigenvalue weighted by Gasteiger charge is -2.54. The van der Waals surface area contributed by atoms with Gasteiger partial charge in [0, 0.05) is 18.1 Å². The first-order valence-corrected chi connectivity index (χ1v) is 9.04. The molecule has 1 spiro atoms. The fourth-order valence-corrected chi connectivity index (χ4v) is 4.37. The molecule has 1 aromatic carbocycles. The quantitative estimate of drug-likeness (QED) is 0.750. The summed E-state index contributed by atoms with van der Waals surface area (Å²) in [5.74, 6) is 0. The lowest BCUT2D eigenvalue weighted by atomic mass is 9.60. The predicted octanol–water partition coefficient (Wildman–Crippen LogP) is 2.76.